The standard InChI is InChI=1S/C26H26FN5O3/c1-26(2,3)22-17-23(32(30-22)19-11-9-18(27)10-12-19)28-25(34)21-13-14-24(33)31(29-21)15-16-35-20-7-5-4-6-8-20/h4-14,17H,15-16H2,1-3H3,(H,28,34). The molecule has 0 spiro atoms. The number of hydrogen-bond acceptors (Lipinski definition) is 5. The highest BCUT2D eigenvalue weighted by molar-refractivity contribution is 6.02. The van der Waals surface area contributed by atoms with E-state index in [2.05, 4.69) is 15.5 Å². The molecule has 4 rings (SSSR count). The van der Waals surface area contributed by atoms with Crippen LogP contribution in [-0.4, -0.2) is 32.1 Å². The van der Waals surface area contributed by atoms with Crippen LogP contribution >= 0.6 is 0 Å². The van der Waals surface area contributed by atoms with Crippen LogP contribution in [0.3, 0.4) is 0 Å². The molecule has 0 saturated carbocycles. The van der Waals surface area contributed by atoms with E-state index in [4.69, 9.17) is 4.74 Å². The van der Waals surface area contributed by atoms with Crippen LogP contribution in [0.2, 0.25) is 0 Å². The lowest BCUT2D eigenvalue weighted by Gasteiger charge is -2.14. The first-order valence-corrected chi connectivity index (χ1v) is 11.1. The van der Waals surface area contributed by atoms with Crippen LogP contribution in [0.5, 0.6) is 5.75 Å². The Morgan fingerprint density at radius 1 is 1.00 bits per heavy atom. The van der Waals surface area contributed by atoms with Crippen LogP contribution in [0.1, 0.15) is 37.0 Å². The first kappa shape index (κ1) is 23.9. The SMILES string of the molecule is CC(C)(C)c1cc(NC(=O)c2ccc(=O)n(CCOc3ccccc3)n2)n(-c2ccc(F)cc2)n1. The van der Waals surface area contributed by atoms with Gasteiger partial charge in [-0.05, 0) is 42.5 Å². The Morgan fingerprint density at radius 2 is 1.71 bits per heavy atom. The van der Waals surface area contributed by atoms with E-state index >= 15 is 0 Å². The average molecular weight is 476 g/mol. The van der Waals surface area contributed by atoms with Gasteiger partial charge >= 0.3 is 0 Å². The van der Waals surface area contributed by atoms with Crippen molar-refractivity contribution in [1.82, 2.24) is 19.6 Å². The highest BCUT2D eigenvalue weighted by atomic mass is 19.1. The topological polar surface area (TPSA) is 91.0 Å². The van der Waals surface area contributed by atoms with E-state index in [0.717, 1.165) is 5.69 Å². The maximum absolute atomic E-state index is 13.4. The third-order valence-electron chi connectivity index (χ3n) is 5.20. The molecule has 0 fully saturated rings. The number of para-hydroxylation sites is 1. The van der Waals surface area contributed by atoms with Crippen LogP contribution in [0, 0.1) is 5.82 Å². The molecule has 0 aliphatic carbocycles. The normalized spacial score (nSPS) is 11.3. The number of nitrogens with one attached hydrogen (secondary N) is 1. The lowest BCUT2D eigenvalue weighted by Crippen LogP contribution is -2.28. The Morgan fingerprint density at radius 3 is 2.40 bits per heavy atom. The van der Waals surface area contributed by atoms with Crippen LogP contribution < -0.4 is 15.6 Å². The van der Waals surface area contributed by atoms with E-state index in [9.17, 15) is 14.0 Å². The zero-order valence-corrected chi connectivity index (χ0v) is 19.7. The molecule has 9 heteroatoms. The predicted octanol–water partition coefficient (Wildman–Crippen LogP) is 4.20. The molecule has 0 atom stereocenters. The second-order valence-electron chi connectivity index (χ2n) is 8.95. The number of halogens is 1. The van der Waals surface area contributed by atoms with E-state index in [-0.39, 0.29) is 35.6 Å². The second-order valence-corrected chi connectivity index (χ2v) is 8.95. The van der Waals surface area contributed by atoms with Crippen molar-refractivity contribution >= 4 is 11.7 Å². The lowest BCUT2D eigenvalue weighted by molar-refractivity contribution is 0.101. The minimum absolute atomic E-state index is 0.0634. The zero-order chi connectivity index (χ0) is 25.0. The maximum Gasteiger partial charge on any atom is 0.277 e. The quantitative estimate of drug-likeness (QED) is 0.433. The van der Waals surface area contributed by atoms with Crippen LogP contribution in [-0.2, 0) is 12.0 Å². The first-order valence-electron chi connectivity index (χ1n) is 11.1. The van der Waals surface area contributed by atoms with Crippen molar-refractivity contribution in [3.8, 4) is 11.4 Å². The fourth-order valence-electron chi connectivity index (χ4n) is 3.29. The molecule has 8 nitrogen and oxygen atoms in total. The second kappa shape index (κ2) is 9.92. The molecule has 0 radical (unpaired) electrons. The number of aromatic nitrogens is 4. The first-order chi connectivity index (χ1) is 16.7. The summed E-state index contributed by atoms with van der Waals surface area (Å²) in [5, 5.41) is 11.6. The Hall–Kier alpha value is -4.27. The number of carbonyl (C=O) groups is 1. The molecule has 0 unspecified atom stereocenters. The molecule has 0 aliphatic rings. The Kier molecular flexibility index (Phi) is 6.77. The Labute approximate surface area is 202 Å². The Balaban J connectivity index is 1.55. The van der Waals surface area contributed by atoms with Gasteiger partial charge in [-0.3, -0.25) is 9.59 Å². The lowest BCUT2D eigenvalue weighted by atomic mass is 9.92. The van der Waals surface area contributed by atoms with Gasteiger partial charge in [0.05, 0.1) is 17.9 Å². The van der Waals surface area contributed by atoms with E-state index in [1.807, 2.05) is 51.1 Å². The molecule has 2 aromatic heterocycles. The van der Waals surface area contributed by atoms with Gasteiger partial charge in [-0.2, -0.15) is 10.2 Å². The van der Waals surface area contributed by atoms with E-state index in [1.54, 1.807) is 22.9 Å². The molecule has 1 amide bonds. The van der Waals surface area contributed by atoms with Crippen molar-refractivity contribution in [2.45, 2.75) is 32.7 Å². The Bertz CT molecular complexity index is 1370. The minimum Gasteiger partial charge on any atom is -0.492 e. The molecule has 0 saturated heterocycles. The molecule has 4 aromatic rings. The average Bonchev–Trinajstić information content (AvgIpc) is 3.26. The minimum atomic E-state index is -0.508. The van der Waals surface area contributed by atoms with Gasteiger partial charge in [0.1, 0.15) is 29.7 Å². The highest BCUT2D eigenvalue weighted by Gasteiger charge is 2.22. The van der Waals surface area contributed by atoms with Crippen LogP contribution in [0.25, 0.3) is 5.69 Å². The van der Waals surface area contributed by atoms with Gasteiger partial charge in [0.15, 0.2) is 0 Å². The van der Waals surface area contributed by atoms with Gasteiger partial charge in [-0.1, -0.05) is 39.0 Å². The predicted molar refractivity (Wildman–Crippen MR) is 131 cm³/mol. The summed E-state index contributed by atoms with van der Waals surface area (Å²) in [6, 6.07) is 19.5. The summed E-state index contributed by atoms with van der Waals surface area (Å²) in [6.45, 7) is 6.41. The van der Waals surface area contributed by atoms with Crippen molar-refractivity contribution in [2.24, 2.45) is 0 Å². The monoisotopic (exact) mass is 475 g/mol. The number of benzene rings is 2. The fourth-order valence-corrected chi connectivity index (χ4v) is 3.29. The van der Waals surface area contributed by atoms with Gasteiger partial charge in [-0.25, -0.2) is 13.8 Å². The summed E-state index contributed by atoms with van der Waals surface area (Å²) in [5.41, 5.74) is 0.772. The van der Waals surface area contributed by atoms with E-state index in [1.165, 1.54) is 28.9 Å². The third-order valence-corrected chi connectivity index (χ3v) is 5.20. The number of ether oxygens (including phenoxy) is 1. The molecule has 0 aliphatic heterocycles. The number of hydrogen-bond donors (Lipinski definition) is 1. The van der Waals surface area contributed by atoms with Gasteiger partial charge < -0.3 is 10.1 Å². The molecular formula is C26H26FN5O3. The summed E-state index contributed by atoms with van der Waals surface area (Å²) >= 11 is 0. The summed E-state index contributed by atoms with van der Waals surface area (Å²) in [7, 11) is 0. The summed E-state index contributed by atoms with van der Waals surface area (Å²) in [5.74, 6) is 0.202. The van der Waals surface area contributed by atoms with E-state index in [0.29, 0.717) is 17.3 Å². The van der Waals surface area contributed by atoms with Gasteiger partial charge in [-0.15, -0.1) is 0 Å². The molecule has 180 valence electrons. The third kappa shape index (κ3) is 5.81. The molecular weight excluding hydrogens is 449 g/mol. The molecule has 0 bridgehead atoms. The largest absolute Gasteiger partial charge is 0.492 e. The fraction of sp³-hybridized carbons (Fsp3) is 0.231. The highest BCUT2D eigenvalue weighted by Crippen LogP contribution is 2.26. The van der Waals surface area contributed by atoms with Gasteiger partial charge in [0.25, 0.3) is 11.5 Å². The summed E-state index contributed by atoms with van der Waals surface area (Å²) in [4.78, 5) is 25.3. The van der Waals surface area contributed by atoms with Gasteiger partial charge in [0.2, 0.25) is 0 Å². The van der Waals surface area contributed by atoms with Crippen molar-refractivity contribution in [3.63, 3.8) is 0 Å². The molecule has 2 aromatic carbocycles. The van der Waals surface area contributed by atoms with Crippen LogP contribution in [0.15, 0.2) is 77.6 Å². The molecule has 2 heterocycles. The summed E-state index contributed by atoms with van der Waals surface area (Å²) < 4.78 is 21.8. The zero-order valence-electron chi connectivity index (χ0n) is 19.7. The number of rotatable bonds is 7. The van der Waals surface area contributed by atoms with E-state index < -0.39 is 5.91 Å². The molecule has 35 heavy (non-hydrogen) atoms. The van der Waals surface area contributed by atoms with Crippen molar-refractivity contribution in [2.75, 3.05) is 11.9 Å². The maximum atomic E-state index is 13.4. The van der Waals surface area contributed by atoms with Crippen LogP contribution in [0.4, 0.5) is 10.2 Å². The number of amides is 1. The number of anilines is 1. The summed E-state index contributed by atoms with van der Waals surface area (Å²) in [6.07, 6.45) is 0. The molecule has 1 N–H and O–H groups in total. The number of carbonyl (C=O) groups excluding carboxylic acids is 1. The smallest absolute Gasteiger partial charge is 0.277 e. The van der Waals surface area contributed by atoms with Crippen molar-refractivity contribution in [1.29, 1.82) is 0 Å². The van der Waals surface area contributed by atoms with Crippen molar-refractivity contribution < 1.29 is 13.9 Å². The van der Waals surface area contributed by atoms with Crippen molar-refractivity contribution in [3.05, 3.63) is 100 Å². The number of nitrogens with zero attached hydrogens (tertiary/aromatic N) is 4. The van der Waals surface area contributed by atoms with Gasteiger partial charge in [0, 0.05) is 17.5 Å².